The third-order valence-corrected chi connectivity index (χ3v) is 4.33. The molecular formula is C16H16N2S. The number of nitrogens with zero attached hydrogens (tertiary/aromatic N) is 1. The average molecular weight is 268 g/mol. The van der Waals surface area contributed by atoms with E-state index in [4.69, 9.17) is 10.7 Å². The monoisotopic (exact) mass is 268 g/mol. The molecule has 0 aliphatic rings. The van der Waals surface area contributed by atoms with Crippen LogP contribution in [0.4, 0.5) is 0 Å². The Hall–Kier alpha value is -1.71. The highest BCUT2D eigenvalue weighted by Gasteiger charge is 2.08. The van der Waals surface area contributed by atoms with E-state index in [0.717, 1.165) is 16.9 Å². The van der Waals surface area contributed by atoms with E-state index < -0.39 is 0 Å². The quantitative estimate of drug-likeness (QED) is 0.785. The molecule has 0 atom stereocenters. The van der Waals surface area contributed by atoms with E-state index in [1.54, 1.807) is 11.3 Å². The van der Waals surface area contributed by atoms with Gasteiger partial charge in [0.15, 0.2) is 0 Å². The minimum atomic E-state index is 0.681. The summed E-state index contributed by atoms with van der Waals surface area (Å²) in [7, 11) is 0. The van der Waals surface area contributed by atoms with Crippen molar-refractivity contribution in [3.63, 3.8) is 0 Å². The fourth-order valence-electron chi connectivity index (χ4n) is 2.22. The van der Waals surface area contributed by atoms with Crippen molar-refractivity contribution in [1.29, 1.82) is 0 Å². The number of hydrogen-bond donors (Lipinski definition) is 1. The van der Waals surface area contributed by atoms with Crippen molar-refractivity contribution >= 4 is 21.6 Å². The van der Waals surface area contributed by atoms with Crippen molar-refractivity contribution in [3.8, 4) is 10.6 Å². The third kappa shape index (κ3) is 2.39. The predicted octanol–water partition coefficient (Wildman–Crippen LogP) is 3.77. The molecule has 3 heteroatoms. The van der Waals surface area contributed by atoms with Gasteiger partial charge in [-0.1, -0.05) is 30.3 Å². The molecule has 3 rings (SSSR count). The second-order valence-electron chi connectivity index (χ2n) is 4.67. The van der Waals surface area contributed by atoms with Gasteiger partial charge >= 0.3 is 0 Å². The van der Waals surface area contributed by atoms with Crippen LogP contribution in [0.15, 0.2) is 42.5 Å². The van der Waals surface area contributed by atoms with Crippen molar-refractivity contribution in [1.82, 2.24) is 4.98 Å². The minimum absolute atomic E-state index is 0.681. The highest BCUT2D eigenvalue weighted by molar-refractivity contribution is 7.21. The lowest BCUT2D eigenvalue weighted by atomic mass is 10.1. The summed E-state index contributed by atoms with van der Waals surface area (Å²) >= 11 is 1.75. The first-order valence-electron chi connectivity index (χ1n) is 6.43. The zero-order chi connectivity index (χ0) is 13.2. The Balaban J connectivity index is 2.09. The van der Waals surface area contributed by atoms with Crippen molar-refractivity contribution in [3.05, 3.63) is 53.6 Å². The largest absolute Gasteiger partial charge is 0.330 e. The van der Waals surface area contributed by atoms with Crippen LogP contribution in [-0.2, 0) is 6.42 Å². The van der Waals surface area contributed by atoms with Gasteiger partial charge in [-0.15, -0.1) is 11.3 Å². The van der Waals surface area contributed by atoms with Crippen molar-refractivity contribution in [2.45, 2.75) is 13.3 Å². The van der Waals surface area contributed by atoms with Crippen molar-refractivity contribution in [2.24, 2.45) is 5.73 Å². The van der Waals surface area contributed by atoms with Gasteiger partial charge in [-0.25, -0.2) is 4.98 Å². The SMILES string of the molecule is Cc1ccccc1-c1nc2cc(CCN)ccc2s1. The number of benzene rings is 2. The molecule has 0 radical (unpaired) electrons. The van der Waals surface area contributed by atoms with Gasteiger partial charge in [0, 0.05) is 5.56 Å². The standard InChI is InChI=1S/C16H16N2S/c1-11-4-2-3-5-13(11)16-18-14-10-12(8-9-17)6-7-15(14)19-16/h2-7,10H,8-9,17H2,1H3. The van der Waals surface area contributed by atoms with E-state index in [2.05, 4.69) is 49.4 Å². The number of thiazole rings is 1. The summed E-state index contributed by atoms with van der Waals surface area (Å²) in [5.41, 5.74) is 10.4. The van der Waals surface area contributed by atoms with Gasteiger partial charge in [-0.05, 0) is 43.1 Å². The molecule has 19 heavy (non-hydrogen) atoms. The fourth-order valence-corrected chi connectivity index (χ4v) is 3.26. The molecule has 96 valence electrons. The number of fused-ring (bicyclic) bond motifs is 1. The Morgan fingerprint density at radius 2 is 2.00 bits per heavy atom. The van der Waals surface area contributed by atoms with Crippen LogP contribution >= 0.6 is 11.3 Å². The molecule has 3 aromatic rings. The molecule has 2 aromatic carbocycles. The first-order chi connectivity index (χ1) is 9.28. The van der Waals surface area contributed by atoms with Gasteiger partial charge < -0.3 is 5.73 Å². The average Bonchev–Trinajstić information content (AvgIpc) is 2.82. The molecule has 0 saturated heterocycles. The maximum Gasteiger partial charge on any atom is 0.124 e. The molecule has 2 N–H and O–H groups in total. The molecule has 0 bridgehead atoms. The van der Waals surface area contributed by atoms with Gasteiger partial charge in [-0.3, -0.25) is 0 Å². The van der Waals surface area contributed by atoms with Gasteiger partial charge in [0.2, 0.25) is 0 Å². The molecule has 1 aromatic heterocycles. The number of nitrogens with two attached hydrogens (primary N) is 1. The first kappa shape index (κ1) is 12.3. The van der Waals surface area contributed by atoms with Crippen LogP contribution in [0.2, 0.25) is 0 Å². The molecular weight excluding hydrogens is 252 g/mol. The van der Waals surface area contributed by atoms with E-state index in [0.29, 0.717) is 6.54 Å². The van der Waals surface area contributed by atoms with Gasteiger partial charge in [0.05, 0.1) is 10.2 Å². The summed E-state index contributed by atoms with van der Waals surface area (Å²) in [4.78, 5) is 4.76. The van der Waals surface area contributed by atoms with Gasteiger partial charge in [-0.2, -0.15) is 0 Å². The van der Waals surface area contributed by atoms with Crippen molar-refractivity contribution in [2.75, 3.05) is 6.54 Å². The van der Waals surface area contributed by atoms with Crippen molar-refractivity contribution < 1.29 is 0 Å². The van der Waals surface area contributed by atoms with Gasteiger partial charge in [0.1, 0.15) is 5.01 Å². The lowest BCUT2D eigenvalue weighted by molar-refractivity contribution is 0.970. The summed E-state index contributed by atoms with van der Waals surface area (Å²) < 4.78 is 1.24. The zero-order valence-electron chi connectivity index (χ0n) is 10.9. The molecule has 0 unspecified atom stereocenters. The third-order valence-electron chi connectivity index (χ3n) is 3.26. The van der Waals surface area contributed by atoms with E-state index in [-0.39, 0.29) is 0 Å². The molecule has 0 aliphatic heterocycles. The van der Waals surface area contributed by atoms with E-state index >= 15 is 0 Å². The second kappa shape index (κ2) is 5.11. The maximum absolute atomic E-state index is 5.60. The Morgan fingerprint density at radius 3 is 2.79 bits per heavy atom. The second-order valence-corrected chi connectivity index (χ2v) is 5.71. The van der Waals surface area contributed by atoms with E-state index in [9.17, 15) is 0 Å². The summed E-state index contributed by atoms with van der Waals surface area (Å²) in [5, 5.41) is 1.10. The van der Waals surface area contributed by atoms with Crippen LogP contribution in [0.3, 0.4) is 0 Å². The lowest BCUT2D eigenvalue weighted by Gasteiger charge is -1.99. The van der Waals surface area contributed by atoms with Crippen LogP contribution in [-0.4, -0.2) is 11.5 Å². The minimum Gasteiger partial charge on any atom is -0.330 e. The Morgan fingerprint density at radius 1 is 1.16 bits per heavy atom. The van der Waals surface area contributed by atoms with E-state index in [1.807, 2.05) is 0 Å². The summed E-state index contributed by atoms with van der Waals surface area (Å²) in [6, 6.07) is 14.8. The zero-order valence-corrected chi connectivity index (χ0v) is 11.7. The van der Waals surface area contributed by atoms with Crippen LogP contribution < -0.4 is 5.73 Å². The summed E-state index contributed by atoms with van der Waals surface area (Å²) in [5.74, 6) is 0. The van der Waals surface area contributed by atoms with Crippen LogP contribution in [0.1, 0.15) is 11.1 Å². The molecule has 0 aliphatic carbocycles. The predicted molar refractivity (Wildman–Crippen MR) is 82.6 cm³/mol. The van der Waals surface area contributed by atoms with E-state index in [1.165, 1.54) is 21.4 Å². The molecule has 0 spiro atoms. The molecule has 2 nitrogen and oxygen atoms in total. The molecule has 0 fully saturated rings. The topological polar surface area (TPSA) is 38.9 Å². The highest BCUT2D eigenvalue weighted by Crippen LogP contribution is 2.32. The van der Waals surface area contributed by atoms with Gasteiger partial charge in [0.25, 0.3) is 0 Å². The molecule has 0 amide bonds. The van der Waals surface area contributed by atoms with Crippen LogP contribution in [0.5, 0.6) is 0 Å². The number of rotatable bonds is 3. The Labute approximate surface area is 116 Å². The lowest BCUT2D eigenvalue weighted by Crippen LogP contribution is -2.02. The maximum atomic E-state index is 5.60. The fraction of sp³-hybridized carbons (Fsp3) is 0.188. The first-order valence-corrected chi connectivity index (χ1v) is 7.25. The van der Waals surface area contributed by atoms with Crippen LogP contribution in [0, 0.1) is 6.92 Å². The number of aryl methyl sites for hydroxylation is 1. The molecule has 0 saturated carbocycles. The number of aromatic nitrogens is 1. The summed E-state index contributed by atoms with van der Waals surface area (Å²) in [6.07, 6.45) is 0.910. The molecule has 1 heterocycles. The Kier molecular flexibility index (Phi) is 3.32. The number of hydrogen-bond acceptors (Lipinski definition) is 3. The Bertz CT molecular complexity index is 716. The normalized spacial score (nSPS) is 11.1. The summed E-state index contributed by atoms with van der Waals surface area (Å²) in [6.45, 7) is 2.81. The smallest absolute Gasteiger partial charge is 0.124 e. The highest BCUT2D eigenvalue weighted by atomic mass is 32.1. The van der Waals surface area contributed by atoms with Crippen LogP contribution in [0.25, 0.3) is 20.8 Å².